The number of aromatic nitrogens is 2. The van der Waals surface area contributed by atoms with Gasteiger partial charge in [0.05, 0.1) is 6.20 Å². The zero-order valence-corrected chi connectivity index (χ0v) is 10.7. The highest BCUT2D eigenvalue weighted by Crippen LogP contribution is 2.26. The first-order valence-electron chi connectivity index (χ1n) is 5.99. The average molecular weight is 283 g/mol. The molecular formula is C13H12F3N3O. The minimum Gasteiger partial charge on any atom is -0.433 e. The third-order valence-electron chi connectivity index (χ3n) is 2.34. The molecule has 106 valence electrons. The lowest BCUT2D eigenvalue weighted by Crippen LogP contribution is -2.06. The lowest BCUT2D eigenvalue weighted by Gasteiger charge is -2.08. The van der Waals surface area contributed by atoms with Crippen molar-refractivity contribution in [3.8, 4) is 11.6 Å². The van der Waals surface area contributed by atoms with Crippen LogP contribution in [0.25, 0.3) is 0 Å². The van der Waals surface area contributed by atoms with E-state index in [1.54, 1.807) is 0 Å². The van der Waals surface area contributed by atoms with Gasteiger partial charge in [-0.05, 0) is 18.6 Å². The summed E-state index contributed by atoms with van der Waals surface area (Å²) in [5.41, 5.74) is 0. The van der Waals surface area contributed by atoms with Crippen LogP contribution in [0, 0.1) is 17.5 Å². The molecule has 2 aromatic rings. The Kier molecular flexibility index (Phi) is 4.39. The van der Waals surface area contributed by atoms with Crippen molar-refractivity contribution < 1.29 is 17.9 Å². The lowest BCUT2D eigenvalue weighted by atomic mass is 10.3. The van der Waals surface area contributed by atoms with Crippen LogP contribution >= 0.6 is 0 Å². The van der Waals surface area contributed by atoms with E-state index in [0.717, 1.165) is 30.8 Å². The fraction of sp³-hybridized carbons (Fsp3) is 0.231. The number of hydrogen-bond acceptors (Lipinski definition) is 4. The molecule has 0 fully saturated rings. The fourth-order valence-electron chi connectivity index (χ4n) is 1.40. The average Bonchev–Trinajstić information content (AvgIpc) is 2.43. The largest absolute Gasteiger partial charge is 0.433 e. The summed E-state index contributed by atoms with van der Waals surface area (Å²) in [5, 5.41) is 2.84. The smallest absolute Gasteiger partial charge is 0.260 e. The number of nitrogens with one attached hydrogen (secondary N) is 1. The first-order chi connectivity index (χ1) is 9.60. The second-order valence-electron chi connectivity index (χ2n) is 3.95. The van der Waals surface area contributed by atoms with E-state index in [1.807, 2.05) is 6.92 Å². The summed E-state index contributed by atoms with van der Waals surface area (Å²) < 4.78 is 44.9. The molecule has 0 atom stereocenters. The predicted molar refractivity (Wildman–Crippen MR) is 67.2 cm³/mol. The Morgan fingerprint density at radius 2 is 2.00 bits per heavy atom. The molecule has 1 aromatic carbocycles. The van der Waals surface area contributed by atoms with Crippen molar-refractivity contribution >= 4 is 5.95 Å². The van der Waals surface area contributed by atoms with Crippen LogP contribution in [0.15, 0.2) is 24.4 Å². The Hall–Kier alpha value is -2.31. The Balaban J connectivity index is 2.25. The predicted octanol–water partition coefficient (Wildman–Crippen LogP) is 3.51. The van der Waals surface area contributed by atoms with Crippen molar-refractivity contribution in [3.63, 3.8) is 0 Å². The molecule has 0 aliphatic rings. The number of rotatable bonds is 5. The van der Waals surface area contributed by atoms with Crippen molar-refractivity contribution in [2.45, 2.75) is 13.3 Å². The van der Waals surface area contributed by atoms with Gasteiger partial charge in [0.15, 0.2) is 11.6 Å². The topological polar surface area (TPSA) is 47.0 Å². The van der Waals surface area contributed by atoms with Gasteiger partial charge in [-0.25, -0.2) is 13.8 Å². The van der Waals surface area contributed by atoms with Crippen LogP contribution in [0.2, 0.25) is 0 Å². The molecule has 0 spiro atoms. The molecule has 0 amide bonds. The van der Waals surface area contributed by atoms with E-state index >= 15 is 0 Å². The van der Waals surface area contributed by atoms with Gasteiger partial charge in [0.25, 0.3) is 5.88 Å². The van der Waals surface area contributed by atoms with E-state index in [0.29, 0.717) is 6.54 Å². The summed E-state index contributed by atoms with van der Waals surface area (Å²) in [6, 6.07) is 2.64. The standard InChI is InChI=1S/C13H12F3N3O/c1-2-5-17-13-18-7-10(16)12(19-13)20-11-6-8(14)3-4-9(11)15/h3-4,6-7H,2,5H2,1H3,(H,17,18,19). The van der Waals surface area contributed by atoms with Gasteiger partial charge in [-0.3, -0.25) is 0 Å². The third-order valence-corrected chi connectivity index (χ3v) is 2.34. The molecule has 0 bridgehead atoms. The Morgan fingerprint density at radius 3 is 2.75 bits per heavy atom. The molecule has 7 heteroatoms. The van der Waals surface area contributed by atoms with Crippen molar-refractivity contribution in [1.82, 2.24) is 9.97 Å². The molecule has 1 N–H and O–H groups in total. The van der Waals surface area contributed by atoms with E-state index in [2.05, 4.69) is 15.3 Å². The molecule has 0 aliphatic carbocycles. The minimum absolute atomic E-state index is 0.153. The number of halogens is 3. The zero-order chi connectivity index (χ0) is 14.5. The molecule has 0 radical (unpaired) electrons. The van der Waals surface area contributed by atoms with Crippen LogP contribution in [0.1, 0.15) is 13.3 Å². The molecule has 0 saturated heterocycles. The summed E-state index contributed by atoms with van der Waals surface area (Å²) in [4.78, 5) is 7.48. The van der Waals surface area contributed by atoms with Crippen LogP contribution < -0.4 is 10.1 Å². The van der Waals surface area contributed by atoms with E-state index in [1.165, 1.54) is 0 Å². The summed E-state index contributed by atoms with van der Waals surface area (Å²) in [7, 11) is 0. The van der Waals surface area contributed by atoms with Gasteiger partial charge in [0.1, 0.15) is 5.82 Å². The second-order valence-corrected chi connectivity index (χ2v) is 3.95. The molecule has 1 heterocycles. The Morgan fingerprint density at radius 1 is 1.20 bits per heavy atom. The fourth-order valence-corrected chi connectivity index (χ4v) is 1.40. The maximum Gasteiger partial charge on any atom is 0.260 e. The van der Waals surface area contributed by atoms with Gasteiger partial charge in [-0.15, -0.1) is 0 Å². The maximum atomic E-state index is 13.5. The van der Waals surface area contributed by atoms with Crippen molar-refractivity contribution in [2.75, 3.05) is 11.9 Å². The van der Waals surface area contributed by atoms with Crippen LogP contribution in [-0.2, 0) is 0 Å². The van der Waals surface area contributed by atoms with Gasteiger partial charge in [0.2, 0.25) is 11.8 Å². The minimum atomic E-state index is -0.865. The van der Waals surface area contributed by atoms with E-state index < -0.39 is 29.1 Å². The number of ether oxygens (including phenoxy) is 1. The summed E-state index contributed by atoms with van der Waals surface area (Å²) in [6.45, 7) is 2.54. The van der Waals surface area contributed by atoms with Crippen LogP contribution in [-0.4, -0.2) is 16.5 Å². The van der Waals surface area contributed by atoms with Crippen molar-refractivity contribution in [1.29, 1.82) is 0 Å². The van der Waals surface area contributed by atoms with Crippen LogP contribution in [0.3, 0.4) is 0 Å². The first kappa shape index (κ1) is 14.1. The van der Waals surface area contributed by atoms with Gasteiger partial charge in [0, 0.05) is 12.6 Å². The highest BCUT2D eigenvalue weighted by Gasteiger charge is 2.13. The van der Waals surface area contributed by atoms with E-state index in [4.69, 9.17) is 4.74 Å². The quantitative estimate of drug-likeness (QED) is 0.912. The normalized spacial score (nSPS) is 10.4. The molecule has 2 rings (SSSR count). The number of benzene rings is 1. The zero-order valence-electron chi connectivity index (χ0n) is 10.7. The maximum absolute atomic E-state index is 13.5. The van der Waals surface area contributed by atoms with Crippen molar-refractivity contribution in [3.05, 3.63) is 41.8 Å². The lowest BCUT2D eigenvalue weighted by molar-refractivity contribution is 0.393. The highest BCUT2D eigenvalue weighted by molar-refractivity contribution is 5.33. The highest BCUT2D eigenvalue weighted by atomic mass is 19.1. The Labute approximate surface area is 113 Å². The summed E-state index contributed by atoms with van der Waals surface area (Å²) >= 11 is 0. The summed E-state index contributed by atoms with van der Waals surface area (Å²) in [6.07, 6.45) is 1.73. The monoisotopic (exact) mass is 283 g/mol. The molecule has 1 aromatic heterocycles. The van der Waals surface area contributed by atoms with E-state index in [9.17, 15) is 13.2 Å². The van der Waals surface area contributed by atoms with Gasteiger partial charge in [-0.2, -0.15) is 9.37 Å². The molecule has 4 nitrogen and oxygen atoms in total. The number of hydrogen-bond donors (Lipinski definition) is 1. The molecule has 0 saturated carbocycles. The van der Waals surface area contributed by atoms with Gasteiger partial charge < -0.3 is 10.1 Å². The molecular weight excluding hydrogens is 271 g/mol. The van der Waals surface area contributed by atoms with Gasteiger partial charge in [-0.1, -0.05) is 6.92 Å². The molecule has 0 aliphatic heterocycles. The summed E-state index contributed by atoms with van der Waals surface area (Å²) in [5.74, 6) is -3.13. The van der Waals surface area contributed by atoms with E-state index in [-0.39, 0.29) is 5.95 Å². The van der Waals surface area contributed by atoms with Gasteiger partial charge >= 0.3 is 0 Å². The number of nitrogens with zero attached hydrogens (tertiary/aromatic N) is 2. The first-order valence-corrected chi connectivity index (χ1v) is 5.99. The van der Waals surface area contributed by atoms with Crippen molar-refractivity contribution in [2.24, 2.45) is 0 Å². The molecule has 0 unspecified atom stereocenters. The Bertz CT molecular complexity index is 607. The SMILES string of the molecule is CCCNc1ncc(F)c(Oc2cc(F)ccc2F)n1. The van der Waals surface area contributed by atoms with Crippen LogP contribution in [0.4, 0.5) is 19.1 Å². The second kappa shape index (κ2) is 6.23. The van der Waals surface area contributed by atoms with Crippen LogP contribution in [0.5, 0.6) is 11.6 Å². The third kappa shape index (κ3) is 3.37. The molecule has 20 heavy (non-hydrogen) atoms. The number of anilines is 1.